The fourth-order valence-corrected chi connectivity index (χ4v) is 2.90. The molecule has 19 heavy (non-hydrogen) atoms. The molecule has 0 aromatic heterocycles. The SMILES string of the molecule is Cc1ccc(F)c(C(CN)N(CC2CC2)C2CC2)c1. The van der Waals surface area contributed by atoms with E-state index in [0.29, 0.717) is 12.6 Å². The first-order chi connectivity index (χ1) is 9.19. The van der Waals surface area contributed by atoms with Crippen LogP contribution in [-0.2, 0) is 0 Å². The molecule has 1 aromatic rings. The third-order valence-corrected chi connectivity index (χ3v) is 4.32. The molecule has 2 fully saturated rings. The van der Waals surface area contributed by atoms with Crippen LogP contribution in [0.15, 0.2) is 18.2 Å². The van der Waals surface area contributed by atoms with E-state index in [0.717, 1.165) is 23.6 Å². The lowest BCUT2D eigenvalue weighted by molar-refractivity contribution is 0.179. The minimum absolute atomic E-state index is 0.0491. The first-order valence-electron chi connectivity index (χ1n) is 7.41. The minimum atomic E-state index is -0.109. The van der Waals surface area contributed by atoms with Crippen LogP contribution >= 0.6 is 0 Å². The number of halogens is 1. The molecule has 0 amide bonds. The molecule has 2 N–H and O–H groups in total. The molecule has 2 nitrogen and oxygen atoms in total. The van der Waals surface area contributed by atoms with Crippen LogP contribution in [0, 0.1) is 18.7 Å². The molecule has 0 bridgehead atoms. The number of hydrogen-bond donors (Lipinski definition) is 1. The second kappa shape index (κ2) is 5.22. The molecular formula is C16H23FN2. The molecule has 0 aliphatic heterocycles. The lowest BCUT2D eigenvalue weighted by Gasteiger charge is -2.32. The lowest BCUT2D eigenvalue weighted by Crippen LogP contribution is -2.37. The van der Waals surface area contributed by atoms with Crippen molar-refractivity contribution in [2.45, 2.75) is 44.7 Å². The Hall–Kier alpha value is -0.930. The third kappa shape index (κ3) is 2.98. The summed E-state index contributed by atoms with van der Waals surface area (Å²) in [6, 6.07) is 6.06. The largest absolute Gasteiger partial charge is 0.329 e. The van der Waals surface area contributed by atoms with Gasteiger partial charge in [-0.05, 0) is 44.6 Å². The maximum atomic E-state index is 14.1. The second-order valence-corrected chi connectivity index (χ2v) is 6.15. The summed E-state index contributed by atoms with van der Waals surface area (Å²) in [6.45, 7) is 3.61. The molecule has 2 saturated carbocycles. The average Bonchev–Trinajstić information content (AvgIpc) is 3.26. The maximum Gasteiger partial charge on any atom is 0.128 e. The van der Waals surface area contributed by atoms with Crippen LogP contribution in [0.4, 0.5) is 4.39 Å². The van der Waals surface area contributed by atoms with Crippen LogP contribution in [0.3, 0.4) is 0 Å². The van der Waals surface area contributed by atoms with Crippen molar-refractivity contribution in [1.29, 1.82) is 0 Å². The Bertz CT molecular complexity index is 452. The van der Waals surface area contributed by atoms with Gasteiger partial charge in [-0.1, -0.05) is 17.7 Å². The van der Waals surface area contributed by atoms with E-state index >= 15 is 0 Å². The zero-order valence-corrected chi connectivity index (χ0v) is 11.6. The Morgan fingerprint density at radius 3 is 2.63 bits per heavy atom. The van der Waals surface area contributed by atoms with Crippen LogP contribution < -0.4 is 5.73 Å². The van der Waals surface area contributed by atoms with Crippen molar-refractivity contribution < 1.29 is 4.39 Å². The molecule has 0 saturated heterocycles. The van der Waals surface area contributed by atoms with Gasteiger partial charge in [0.2, 0.25) is 0 Å². The maximum absolute atomic E-state index is 14.1. The normalized spacial score (nSPS) is 20.8. The Morgan fingerprint density at radius 1 is 1.32 bits per heavy atom. The molecule has 3 rings (SSSR count). The molecule has 0 heterocycles. The number of hydrogen-bond acceptors (Lipinski definition) is 2. The topological polar surface area (TPSA) is 29.3 Å². The van der Waals surface area contributed by atoms with E-state index in [4.69, 9.17) is 5.73 Å². The number of rotatable bonds is 6. The standard InChI is InChI=1S/C16H23FN2/c1-11-2-7-15(17)14(8-11)16(9-18)19(13-5-6-13)10-12-3-4-12/h2,7-8,12-13,16H,3-6,9-10,18H2,1H3. The highest BCUT2D eigenvalue weighted by Gasteiger charge is 2.38. The van der Waals surface area contributed by atoms with E-state index in [1.54, 1.807) is 6.07 Å². The van der Waals surface area contributed by atoms with E-state index < -0.39 is 0 Å². The van der Waals surface area contributed by atoms with Gasteiger partial charge in [0, 0.05) is 24.7 Å². The summed E-state index contributed by atoms with van der Waals surface area (Å²) in [4.78, 5) is 2.47. The van der Waals surface area contributed by atoms with Crippen LogP contribution in [0.5, 0.6) is 0 Å². The van der Waals surface area contributed by atoms with Gasteiger partial charge in [-0.15, -0.1) is 0 Å². The van der Waals surface area contributed by atoms with Crippen LogP contribution in [-0.4, -0.2) is 24.0 Å². The minimum Gasteiger partial charge on any atom is -0.329 e. The zero-order chi connectivity index (χ0) is 13.4. The molecule has 2 aliphatic rings. The van der Waals surface area contributed by atoms with Gasteiger partial charge in [-0.3, -0.25) is 4.90 Å². The van der Waals surface area contributed by atoms with Gasteiger partial charge in [-0.2, -0.15) is 0 Å². The van der Waals surface area contributed by atoms with Gasteiger partial charge in [0.05, 0.1) is 6.04 Å². The first kappa shape index (κ1) is 13.1. The highest BCUT2D eigenvalue weighted by molar-refractivity contribution is 5.27. The Balaban J connectivity index is 1.85. The second-order valence-electron chi connectivity index (χ2n) is 6.15. The van der Waals surface area contributed by atoms with Crippen molar-refractivity contribution in [1.82, 2.24) is 4.90 Å². The quantitative estimate of drug-likeness (QED) is 0.854. The summed E-state index contributed by atoms with van der Waals surface area (Å²) in [5, 5.41) is 0. The summed E-state index contributed by atoms with van der Waals surface area (Å²) in [5.74, 6) is 0.713. The van der Waals surface area contributed by atoms with Gasteiger partial charge in [-0.25, -0.2) is 4.39 Å². The number of benzene rings is 1. The van der Waals surface area contributed by atoms with Gasteiger partial charge in [0.25, 0.3) is 0 Å². The summed E-state index contributed by atoms with van der Waals surface area (Å²) >= 11 is 0. The molecule has 1 atom stereocenters. The van der Waals surface area contributed by atoms with E-state index in [-0.39, 0.29) is 11.9 Å². The van der Waals surface area contributed by atoms with Crippen molar-refractivity contribution in [2.24, 2.45) is 11.7 Å². The molecule has 0 spiro atoms. The third-order valence-electron chi connectivity index (χ3n) is 4.32. The van der Waals surface area contributed by atoms with Crippen molar-refractivity contribution in [3.8, 4) is 0 Å². The molecule has 1 aromatic carbocycles. The predicted octanol–water partition coefficient (Wildman–Crippen LogP) is 3.01. The van der Waals surface area contributed by atoms with Crippen molar-refractivity contribution in [3.63, 3.8) is 0 Å². The van der Waals surface area contributed by atoms with E-state index in [1.807, 2.05) is 19.1 Å². The lowest BCUT2D eigenvalue weighted by atomic mass is 10.0. The van der Waals surface area contributed by atoms with Crippen molar-refractivity contribution >= 4 is 0 Å². The monoisotopic (exact) mass is 262 g/mol. The highest BCUT2D eigenvalue weighted by Crippen LogP contribution is 2.39. The predicted molar refractivity (Wildman–Crippen MR) is 75.4 cm³/mol. The van der Waals surface area contributed by atoms with Crippen LogP contribution in [0.25, 0.3) is 0 Å². The van der Waals surface area contributed by atoms with Gasteiger partial charge in [0.15, 0.2) is 0 Å². The molecule has 2 aliphatic carbocycles. The van der Waals surface area contributed by atoms with E-state index in [9.17, 15) is 4.39 Å². The molecule has 104 valence electrons. The van der Waals surface area contributed by atoms with E-state index in [2.05, 4.69) is 4.90 Å². The summed E-state index contributed by atoms with van der Waals surface area (Å²) < 4.78 is 14.1. The smallest absolute Gasteiger partial charge is 0.128 e. The summed E-state index contributed by atoms with van der Waals surface area (Å²) in [5.41, 5.74) is 7.87. The van der Waals surface area contributed by atoms with Crippen LogP contribution in [0.2, 0.25) is 0 Å². The Kier molecular flexibility index (Phi) is 3.59. The fourth-order valence-electron chi connectivity index (χ4n) is 2.90. The fraction of sp³-hybridized carbons (Fsp3) is 0.625. The zero-order valence-electron chi connectivity index (χ0n) is 11.6. The van der Waals surface area contributed by atoms with Gasteiger partial charge >= 0.3 is 0 Å². The molecule has 0 radical (unpaired) electrons. The first-order valence-corrected chi connectivity index (χ1v) is 7.41. The highest BCUT2D eigenvalue weighted by atomic mass is 19.1. The van der Waals surface area contributed by atoms with Gasteiger partial charge in [0.1, 0.15) is 5.82 Å². The van der Waals surface area contributed by atoms with Crippen LogP contribution in [0.1, 0.15) is 42.9 Å². The molecule has 1 unspecified atom stereocenters. The van der Waals surface area contributed by atoms with Crippen molar-refractivity contribution in [2.75, 3.05) is 13.1 Å². The number of aryl methyl sites for hydroxylation is 1. The average molecular weight is 262 g/mol. The molecular weight excluding hydrogens is 239 g/mol. The Morgan fingerprint density at radius 2 is 2.05 bits per heavy atom. The summed E-state index contributed by atoms with van der Waals surface area (Å²) in [7, 11) is 0. The van der Waals surface area contributed by atoms with E-state index in [1.165, 1.54) is 25.7 Å². The number of nitrogens with zero attached hydrogens (tertiary/aromatic N) is 1. The molecule has 3 heteroatoms. The van der Waals surface area contributed by atoms with Gasteiger partial charge < -0.3 is 5.73 Å². The van der Waals surface area contributed by atoms with Crippen molar-refractivity contribution in [3.05, 3.63) is 35.1 Å². The Labute approximate surface area is 114 Å². The number of nitrogens with two attached hydrogens (primary N) is 1. The summed E-state index contributed by atoms with van der Waals surface area (Å²) in [6.07, 6.45) is 5.15.